The van der Waals surface area contributed by atoms with Crippen molar-refractivity contribution >= 4 is 44.6 Å². The van der Waals surface area contributed by atoms with Gasteiger partial charge >= 0.3 is 0 Å². The molecule has 11 heteroatoms. The van der Waals surface area contributed by atoms with Gasteiger partial charge in [0.2, 0.25) is 0 Å². The van der Waals surface area contributed by atoms with E-state index in [1.165, 1.54) is 36.4 Å². The van der Waals surface area contributed by atoms with Crippen molar-refractivity contribution in [2.75, 3.05) is 16.2 Å². The molecule has 0 radical (unpaired) electrons. The number of anilines is 2. The van der Waals surface area contributed by atoms with Crippen molar-refractivity contribution in [2.45, 2.75) is 50.7 Å². The lowest BCUT2D eigenvalue weighted by molar-refractivity contribution is 0.238. The molecule has 0 spiro atoms. The van der Waals surface area contributed by atoms with Crippen LogP contribution >= 0.6 is 23.2 Å². The van der Waals surface area contributed by atoms with Gasteiger partial charge in [0.05, 0.1) is 16.7 Å². The van der Waals surface area contributed by atoms with Crippen molar-refractivity contribution in [3.8, 4) is 5.75 Å². The van der Waals surface area contributed by atoms with Gasteiger partial charge in [-0.1, -0.05) is 23.2 Å². The van der Waals surface area contributed by atoms with Gasteiger partial charge in [0.25, 0.3) is 20.9 Å². The minimum atomic E-state index is -4.17. The van der Waals surface area contributed by atoms with Gasteiger partial charge in [0, 0.05) is 22.6 Å². The molecule has 0 amide bonds. The summed E-state index contributed by atoms with van der Waals surface area (Å²) in [6.07, 6.45) is 0.454. The van der Waals surface area contributed by atoms with Gasteiger partial charge in [0.1, 0.15) is 11.5 Å². The van der Waals surface area contributed by atoms with E-state index in [9.17, 15) is 22.4 Å². The van der Waals surface area contributed by atoms with Crippen LogP contribution in [0.15, 0.2) is 56.9 Å². The van der Waals surface area contributed by atoms with Crippen LogP contribution in [0.2, 0.25) is 10.0 Å². The molecule has 0 fully saturated rings. The summed E-state index contributed by atoms with van der Waals surface area (Å²) in [6, 6.07) is 8.62. The normalized spacial score (nSPS) is 12.7. The van der Waals surface area contributed by atoms with Crippen LogP contribution in [0.1, 0.15) is 33.6 Å². The van der Waals surface area contributed by atoms with Crippen molar-refractivity contribution in [1.29, 1.82) is 0 Å². The molecule has 35 heavy (non-hydrogen) atoms. The van der Waals surface area contributed by atoms with Crippen LogP contribution in [0.4, 0.5) is 15.8 Å². The lowest BCUT2D eigenvalue weighted by Crippen LogP contribution is -2.40. The Morgan fingerprint density at radius 1 is 1.00 bits per heavy atom. The zero-order valence-corrected chi connectivity index (χ0v) is 21.7. The van der Waals surface area contributed by atoms with E-state index in [1.54, 1.807) is 20.8 Å². The molecule has 0 bridgehead atoms. The molecule has 3 rings (SSSR count). The van der Waals surface area contributed by atoms with Crippen molar-refractivity contribution in [2.24, 2.45) is 0 Å². The molecule has 1 N–H and O–H groups in total. The highest BCUT2D eigenvalue weighted by molar-refractivity contribution is 7.92. The molecule has 3 aromatic rings. The molecule has 0 saturated heterocycles. The molecule has 0 heterocycles. The summed E-state index contributed by atoms with van der Waals surface area (Å²) >= 11 is 11.9. The lowest BCUT2D eigenvalue weighted by Gasteiger charge is -2.31. The quantitative estimate of drug-likeness (QED) is 0.271. The van der Waals surface area contributed by atoms with Crippen LogP contribution in [0, 0.1) is 5.82 Å². The van der Waals surface area contributed by atoms with Crippen molar-refractivity contribution in [3.05, 3.63) is 78.8 Å². The Hall–Kier alpha value is -2.62. The molecule has 1 atom stereocenters. The largest absolute Gasteiger partial charge is 0.485 e. The zero-order valence-electron chi connectivity index (χ0n) is 19.3. The Bertz CT molecular complexity index is 1370. The number of benzene rings is 2. The minimum absolute atomic E-state index is 0.00555. The summed E-state index contributed by atoms with van der Waals surface area (Å²) in [5.41, 5.74) is -1.39. The third-order valence-corrected chi connectivity index (χ3v) is 7.67. The first-order valence-electron chi connectivity index (χ1n) is 10.9. The van der Waals surface area contributed by atoms with Gasteiger partial charge in [-0.05, 0) is 76.1 Å². The van der Waals surface area contributed by atoms with Crippen LogP contribution in [-0.4, -0.2) is 27.1 Å². The molecule has 0 aliphatic carbocycles. The first-order chi connectivity index (χ1) is 16.4. The lowest BCUT2D eigenvalue weighted by atomic mass is 10.1. The van der Waals surface area contributed by atoms with Gasteiger partial charge in [-0.2, -0.15) is 0 Å². The predicted octanol–water partition coefficient (Wildman–Crippen LogP) is 4.99. The second kappa shape index (κ2) is 11.0. The summed E-state index contributed by atoms with van der Waals surface area (Å²) in [5.74, 6) is -0.734. The number of ether oxygens (including phenoxy) is 1. The molecule has 3 aromatic carbocycles. The third-order valence-electron chi connectivity index (χ3n) is 5.24. The van der Waals surface area contributed by atoms with E-state index in [2.05, 4.69) is 5.32 Å². The van der Waals surface area contributed by atoms with Crippen LogP contribution in [0.5, 0.6) is 5.75 Å². The average molecular weight is 543 g/mol. The SMILES string of the molecule is CC(C)Oc1c(NCCC[C@@H](C)N(c2cc(Cl)ccc2F)S(=O)(=O)c2ccc(Cl)cc2)c(=O)c1=O. The molecule has 0 unspecified atom stereocenters. The molecular weight excluding hydrogens is 518 g/mol. The van der Waals surface area contributed by atoms with Crippen molar-refractivity contribution < 1.29 is 17.5 Å². The van der Waals surface area contributed by atoms with Crippen LogP contribution < -0.4 is 25.2 Å². The fourth-order valence-electron chi connectivity index (χ4n) is 3.59. The highest BCUT2D eigenvalue weighted by Crippen LogP contribution is 2.32. The minimum Gasteiger partial charge on any atom is -0.485 e. The Kier molecular flexibility index (Phi) is 8.46. The smallest absolute Gasteiger partial charge is 0.272 e. The zero-order chi connectivity index (χ0) is 25.9. The van der Waals surface area contributed by atoms with E-state index in [0.29, 0.717) is 17.9 Å². The first kappa shape index (κ1) is 27.0. The van der Waals surface area contributed by atoms with Crippen molar-refractivity contribution in [1.82, 2.24) is 0 Å². The molecule has 0 aliphatic heterocycles. The van der Waals surface area contributed by atoms with Crippen LogP contribution in [0.25, 0.3) is 0 Å². The molecule has 188 valence electrons. The maximum atomic E-state index is 14.8. The molecular formula is C24H25Cl2FN2O5S. The summed E-state index contributed by atoms with van der Waals surface area (Å²) in [6.45, 7) is 5.41. The summed E-state index contributed by atoms with van der Waals surface area (Å²) in [7, 11) is -4.17. The van der Waals surface area contributed by atoms with Crippen LogP contribution in [-0.2, 0) is 10.0 Å². The van der Waals surface area contributed by atoms with E-state index >= 15 is 0 Å². The van der Waals surface area contributed by atoms with Gasteiger partial charge < -0.3 is 10.1 Å². The highest BCUT2D eigenvalue weighted by Gasteiger charge is 2.31. The topological polar surface area (TPSA) is 92.8 Å². The van der Waals surface area contributed by atoms with Gasteiger partial charge in [-0.15, -0.1) is 0 Å². The second-order valence-corrected chi connectivity index (χ2v) is 11.0. The maximum Gasteiger partial charge on any atom is 0.272 e. The summed E-state index contributed by atoms with van der Waals surface area (Å²) in [4.78, 5) is 23.5. The average Bonchev–Trinajstić information content (AvgIpc) is 2.80. The van der Waals surface area contributed by atoms with Gasteiger partial charge in [-0.25, -0.2) is 12.8 Å². The molecule has 7 nitrogen and oxygen atoms in total. The fourth-order valence-corrected chi connectivity index (χ4v) is 5.56. The highest BCUT2D eigenvalue weighted by atomic mass is 35.5. The van der Waals surface area contributed by atoms with E-state index < -0.39 is 32.7 Å². The number of rotatable bonds is 11. The maximum absolute atomic E-state index is 14.8. The standard InChI is InChI=1S/C24H25Cl2FN2O5S/c1-14(2)34-24-21(22(30)23(24)31)28-12-4-5-15(3)29(20-13-17(26)8-11-19(20)27)35(32,33)18-9-6-16(25)7-10-18/h6-11,13-15,28H,4-5,12H2,1-3H3/t15-/m1/s1. The van der Waals surface area contributed by atoms with E-state index in [0.717, 1.165) is 10.4 Å². The first-order valence-corrected chi connectivity index (χ1v) is 13.1. The predicted molar refractivity (Wildman–Crippen MR) is 137 cm³/mol. The van der Waals surface area contributed by atoms with E-state index in [-0.39, 0.29) is 39.7 Å². The van der Waals surface area contributed by atoms with Gasteiger partial charge in [0.15, 0.2) is 5.75 Å². The molecule has 0 aromatic heterocycles. The summed E-state index contributed by atoms with van der Waals surface area (Å²) < 4.78 is 48.2. The van der Waals surface area contributed by atoms with E-state index in [1.807, 2.05) is 0 Å². The van der Waals surface area contributed by atoms with E-state index in [4.69, 9.17) is 27.9 Å². The molecule has 0 aliphatic rings. The monoisotopic (exact) mass is 542 g/mol. The molecule has 0 saturated carbocycles. The number of halogens is 3. The second-order valence-electron chi connectivity index (χ2n) is 8.30. The Labute approximate surface area is 213 Å². The Morgan fingerprint density at radius 3 is 2.26 bits per heavy atom. The third kappa shape index (κ3) is 5.97. The Balaban J connectivity index is 1.81. The number of hydrogen-bond acceptors (Lipinski definition) is 6. The fraction of sp³-hybridized carbons (Fsp3) is 0.333. The van der Waals surface area contributed by atoms with Crippen LogP contribution in [0.3, 0.4) is 0 Å². The summed E-state index contributed by atoms with van der Waals surface area (Å²) in [5, 5.41) is 3.44. The number of hydrogen-bond donors (Lipinski definition) is 1. The van der Waals surface area contributed by atoms with Gasteiger partial charge in [-0.3, -0.25) is 13.9 Å². The van der Waals surface area contributed by atoms with Crippen molar-refractivity contribution in [3.63, 3.8) is 0 Å². The Morgan fingerprint density at radius 2 is 1.63 bits per heavy atom. The number of nitrogens with zero attached hydrogens (tertiary/aromatic N) is 1. The number of nitrogens with one attached hydrogen (secondary N) is 1. The number of sulfonamides is 1.